The lowest BCUT2D eigenvalue weighted by Crippen LogP contribution is -2.06. The minimum atomic E-state index is -0.373. The number of rotatable bonds is 7. The fourth-order valence-corrected chi connectivity index (χ4v) is 3.29. The van der Waals surface area contributed by atoms with Gasteiger partial charge in [0.2, 0.25) is 0 Å². The van der Waals surface area contributed by atoms with E-state index in [1.54, 1.807) is 7.11 Å². The topological polar surface area (TPSA) is 38.7 Å². The van der Waals surface area contributed by atoms with Crippen LogP contribution in [0.15, 0.2) is 22.7 Å². The molecule has 0 bridgehead atoms. The number of halogens is 1. The number of aliphatic hydroxyl groups excluding tert-OH is 1. The van der Waals surface area contributed by atoms with Crippen LogP contribution in [-0.2, 0) is 4.74 Å². The van der Waals surface area contributed by atoms with Crippen molar-refractivity contribution < 1.29 is 14.6 Å². The minimum absolute atomic E-state index is 0.373. The van der Waals surface area contributed by atoms with Crippen molar-refractivity contribution in [3.05, 3.63) is 28.2 Å². The van der Waals surface area contributed by atoms with Crippen molar-refractivity contribution in [3.63, 3.8) is 0 Å². The molecule has 1 fully saturated rings. The molecule has 2 rings (SSSR count). The second kappa shape index (κ2) is 8.01. The van der Waals surface area contributed by atoms with Gasteiger partial charge in [0.25, 0.3) is 0 Å². The van der Waals surface area contributed by atoms with Crippen LogP contribution in [0.25, 0.3) is 0 Å². The molecule has 0 heterocycles. The summed E-state index contributed by atoms with van der Waals surface area (Å²) in [6, 6.07) is 5.82. The van der Waals surface area contributed by atoms with E-state index < -0.39 is 0 Å². The highest BCUT2D eigenvalue weighted by Gasteiger charge is 2.20. The third-order valence-electron chi connectivity index (χ3n) is 3.92. The lowest BCUT2D eigenvalue weighted by atomic mass is 9.96. The molecule has 0 saturated heterocycles. The molecule has 1 saturated carbocycles. The van der Waals surface area contributed by atoms with E-state index in [2.05, 4.69) is 15.9 Å². The van der Waals surface area contributed by atoms with E-state index in [0.29, 0.717) is 19.1 Å². The normalized spacial score (nSPS) is 17.4. The molecule has 0 spiro atoms. The first-order chi connectivity index (χ1) is 9.70. The van der Waals surface area contributed by atoms with E-state index in [1.807, 2.05) is 18.2 Å². The summed E-state index contributed by atoms with van der Waals surface area (Å²) in [5.41, 5.74) is 0.961. The Kier molecular flexibility index (Phi) is 6.33. The van der Waals surface area contributed by atoms with E-state index in [0.717, 1.165) is 22.2 Å². The average molecular weight is 343 g/mol. The highest BCUT2D eigenvalue weighted by atomic mass is 79.9. The molecule has 1 aliphatic rings. The van der Waals surface area contributed by atoms with Gasteiger partial charge in [-0.2, -0.15) is 0 Å². The lowest BCUT2D eigenvalue weighted by Gasteiger charge is -2.17. The molecule has 1 aliphatic carbocycles. The molecule has 1 unspecified atom stereocenters. The molecule has 0 radical (unpaired) electrons. The van der Waals surface area contributed by atoms with Crippen molar-refractivity contribution in [2.24, 2.45) is 5.92 Å². The number of benzene rings is 1. The Balaban J connectivity index is 1.92. The Morgan fingerprint density at radius 1 is 1.30 bits per heavy atom. The summed E-state index contributed by atoms with van der Waals surface area (Å²) < 4.78 is 11.4. The quantitative estimate of drug-likeness (QED) is 0.758. The predicted octanol–water partition coefficient (Wildman–Crippen LogP) is 4.09. The molecule has 0 amide bonds. The zero-order valence-electron chi connectivity index (χ0n) is 12.0. The molecule has 1 N–H and O–H groups in total. The van der Waals surface area contributed by atoms with Crippen LogP contribution in [0.3, 0.4) is 0 Å². The maximum Gasteiger partial charge on any atom is 0.133 e. The van der Waals surface area contributed by atoms with Crippen LogP contribution in [0.1, 0.15) is 43.8 Å². The van der Waals surface area contributed by atoms with E-state index in [9.17, 15) is 5.11 Å². The number of aliphatic hydroxyl groups is 1. The van der Waals surface area contributed by atoms with Crippen molar-refractivity contribution in [1.82, 2.24) is 0 Å². The molecule has 1 aromatic rings. The van der Waals surface area contributed by atoms with Crippen molar-refractivity contribution in [2.75, 3.05) is 20.3 Å². The van der Waals surface area contributed by atoms with Gasteiger partial charge in [0, 0.05) is 7.11 Å². The number of methoxy groups -OCH3 is 1. The lowest BCUT2D eigenvalue weighted by molar-refractivity contribution is 0.142. The third kappa shape index (κ3) is 4.47. The monoisotopic (exact) mass is 342 g/mol. The van der Waals surface area contributed by atoms with Gasteiger partial charge in [0.05, 0.1) is 17.2 Å². The molecule has 1 aromatic carbocycles. The van der Waals surface area contributed by atoms with Crippen LogP contribution in [-0.4, -0.2) is 25.4 Å². The van der Waals surface area contributed by atoms with Gasteiger partial charge < -0.3 is 14.6 Å². The predicted molar refractivity (Wildman–Crippen MR) is 83.0 cm³/mol. The molecule has 0 aliphatic heterocycles. The van der Waals surface area contributed by atoms with Gasteiger partial charge in [-0.25, -0.2) is 0 Å². The van der Waals surface area contributed by atoms with Crippen LogP contribution in [0.4, 0.5) is 0 Å². The number of hydrogen-bond donors (Lipinski definition) is 1. The maximum atomic E-state index is 10.3. The largest absolute Gasteiger partial charge is 0.490 e. The smallest absolute Gasteiger partial charge is 0.133 e. The second-order valence-electron chi connectivity index (χ2n) is 5.43. The highest BCUT2D eigenvalue weighted by molar-refractivity contribution is 9.10. The van der Waals surface area contributed by atoms with Crippen LogP contribution in [0, 0.1) is 5.92 Å². The maximum absolute atomic E-state index is 10.3. The molecule has 3 nitrogen and oxygen atoms in total. The van der Waals surface area contributed by atoms with Crippen LogP contribution in [0.5, 0.6) is 5.75 Å². The average Bonchev–Trinajstić information content (AvgIpc) is 2.93. The van der Waals surface area contributed by atoms with Gasteiger partial charge in [-0.3, -0.25) is 0 Å². The van der Waals surface area contributed by atoms with E-state index in [-0.39, 0.29) is 6.10 Å². The molecular weight excluding hydrogens is 320 g/mol. The van der Waals surface area contributed by atoms with Gasteiger partial charge >= 0.3 is 0 Å². The zero-order chi connectivity index (χ0) is 14.4. The summed E-state index contributed by atoms with van der Waals surface area (Å²) in [5.74, 6) is 1.47. The fraction of sp³-hybridized carbons (Fsp3) is 0.625. The Morgan fingerprint density at radius 2 is 2.05 bits per heavy atom. The van der Waals surface area contributed by atoms with Gasteiger partial charge in [-0.1, -0.05) is 31.7 Å². The van der Waals surface area contributed by atoms with Crippen molar-refractivity contribution in [2.45, 2.75) is 38.2 Å². The second-order valence-corrected chi connectivity index (χ2v) is 6.29. The summed E-state index contributed by atoms with van der Waals surface area (Å²) in [7, 11) is 1.65. The summed E-state index contributed by atoms with van der Waals surface area (Å²) in [6.45, 7) is 1.09. The molecule has 1 atom stereocenters. The first kappa shape index (κ1) is 15.8. The minimum Gasteiger partial charge on any atom is -0.490 e. The van der Waals surface area contributed by atoms with E-state index in [1.165, 1.54) is 25.7 Å². The molecule has 112 valence electrons. The summed E-state index contributed by atoms with van der Waals surface area (Å²) in [4.78, 5) is 0. The Hall–Kier alpha value is -0.580. The van der Waals surface area contributed by atoms with Gasteiger partial charge in [-0.15, -0.1) is 0 Å². The molecule has 4 heteroatoms. The third-order valence-corrected chi connectivity index (χ3v) is 4.54. The Morgan fingerprint density at radius 3 is 2.70 bits per heavy atom. The molecular formula is C16H23BrO3. The summed E-state index contributed by atoms with van der Waals surface area (Å²) >= 11 is 3.50. The van der Waals surface area contributed by atoms with Crippen molar-refractivity contribution >= 4 is 15.9 Å². The van der Waals surface area contributed by atoms with Gasteiger partial charge in [-0.05, 0) is 46.0 Å². The first-order valence-corrected chi connectivity index (χ1v) is 8.09. The molecule has 20 heavy (non-hydrogen) atoms. The van der Waals surface area contributed by atoms with Crippen LogP contribution >= 0.6 is 15.9 Å². The molecule has 0 aromatic heterocycles. The SMILES string of the molecule is COCCOc1ccc(C(O)CC2CCCC2)cc1Br. The summed E-state index contributed by atoms with van der Waals surface area (Å²) in [5, 5.41) is 10.3. The van der Waals surface area contributed by atoms with Crippen molar-refractivity contribution in [3.8, 4) is 5.75 Å². The Bertz CT molecular complexity index is 416. The standard InChI is InChI=1S/C16H23BrO3/c1-19-8-9-20-16-7-6-13(11-14(16)17)15(18)10-12-4-2-3-5-12/h6-7,11-12,15,18H,2-5,8-10H2,1H3. The Labute approximate surface area is 129 Å². The van der Waals surface area contributed by atoms with Gasteiger partial charge in [0.15, 0.2) is 0 Å². The van der Waals surface area contributed by atoms with Crippen molar-refractivity contribution in [1.29, 1.82) is 0 Å². The van der Waals surface area contributed by atoms with E-state index in [4.69, 9.17) is 9.47 Å². The van der Waals surface area contributed by atoms with Gasteiger partial charge in [0.1, 0.15) is 12.4 Å². The van der Waals surface area contributed by atoms with E-state index >= 15 is 0 Å². The zero-order valence-corrected chi connectivity index (χ0v) is 13.6. The number of hydrogen-bond acceptors (Lipinski definition) is 3. The first-order valence-electron chi connectivity index (χ1n) is 7.30. The van der Waals surface area contributed by atoms with Crippen LogP contribution < -0.4 is 4.74 Å². The van der Waals surface area contributed by atoms with Crippen LogP contribution in [0.2, 0.25) is 0 Å². The fourth-order valence-electron chi connectivity index (χ4n) is 2.77. The summed E-state index contributed by atoms with van der Waals surface area (Å²) in [6.07, 6.45) is 5.65. The highest BCUT2D eigenvalue weighted by Crippen LogP contribution is 2.35. The number of ether oxygens (including phenoxy) is 2.